The zero-order valence-corrected chi connectivity index (χ0v) is 8.74. The molecule has 6 nitrogen and oxygen atoms in total. The van der Waals surface area contributed by atoms with Crippen molar-refractivity contribution in [1.29, 1.82) is 0 Å². The minimum atomic E-state index is -1.35. The Hall–Kier alpha value is -1.59. The molecule has 0 fully saturated rings. The molecule has 0 aliphatic heterocycles. The molecule has 0 unspecified atom stereocenters. The predicted molar refractivity (Wildman–Crippen MR) is 51.3 cm³/mol. The van der Waals surface area contributed by atoms with E-state index in [9.17, 15) is 14.4 Å². The molecule has 0 spiro atoms. The number of nitrogens with one attached hydrogen (secondary N) is 1. The molecule has 0 aromatic carbocycles. The Labute approximate surface area is 87.3 Å². The molecule has 0 rings (SSSR count). The molecule has 0 saturated carbocycles. The SMILES string of the molecule is CCC(CC(=O)O)(CC(=O)O)C(=O)NC. The summed E-state index contributed by atoms with van der Waals surface area (Å²) in [5, 5.41) is 19.6. The molecule has 0 atom stereocenters. The van der Waals surface area contributed by atoms with Crippen LogP contribution >= 0.6 is 0 Å². The van der Waals surface area contributed by atoms with Crippen molar-refractivity contribution < 1.29 is 24.6 Å². The van der Waals surface area contributed by atoms with Crippen molar-refractivity contribution in [1.82, 2.24) is 5.32 Å². The summed E-state index contributed by atoms with van der Waals surface area (Å²) in [5.74, 6) is -2.90. The summed E-state index contributed by atoms with van der Waals surface area (Å²) < 4.78 is 0. The van der Waals surface area contributed by atoms with Crippen molar-refractivity contribution >= 4 is 17.8 Å². The van der Waals surface area contributed by atoms with Crippen molar-refractivity contribution in [3.8, 4) is 0 Å². The third-order valence-electron chi connectivity index (χ3n) is 2.36. The first-order chi connectivity index (χ1) is 6.88. The number of carboxylic acid groups (broad SMARTS) is 2. The molecule has 1 amide bonds. The molecule has 0 aromatic rings. The minimum absolute atomic E-state index is 0.172. The monoisotopic (exact) mass is 217 g/mol. The quantitative estimate of drug-likeness (QED) is 0.584. The van der Waals surface area contributed by atoms with Crippen LogP contribution < -0.4 is 5.32 Å². The maximum Gasteiger partial charge on any atom is 0.304 e. The first-order valence-electron chi connectivity index (χ1n) is 4.53. The molecule has 0 aliphatic carbocycles. The van der Waals surface area contributed by atoms with E-state index in [0.29, 0.717) is 0 Å². The summed E-state index contributed by atoms with van der Waals surface area (Å²) in [5.41, 5.74) is -1.35. The third kappa shape index (κ3) is 3.57. The van der Waals surface area contributed by atoms with Crippen molar-refractivity contribution in [3.63, 3.8) is 0 Å². The molecule has 6 heteroatoms. The molecule has 15 heavy (non-hydrogen) atoms. The summed E-state index contributed by atoms with van der Waals surface area (Å²) in [4.78, 5) is 32.7. The van der Waals surface area contributed by atoms with Crippen LogP contribution in [0.4, 0.5) is 0 Å². The van der Waals surface area contributed by atoms with E-state index in [4.69, 9.17) is 10.2 Å². The van der Waals surface area contributed by atoms with E-state index < -0.39 is 36.1 Å². The lowest BCUT2D eigenvalue weighted by Crippen LogP contribution is -2.42. The Balaban J connectivity index is 4.99. The van der Waals surface area contributed by atoms with Crippen molar-refractivity contribution in [2.24, 2.45) is 5.41 Å². The Bertz CT molecular complexity index is 258. The highest BCUT2D eigenvalue weighted by molar-refractivity contribution is 5.90. The maximum absolute atomic E-state index is 11.5. The highest BCUT2D eigenvalue weighted by Crippen LogP contribution is 2.31. The Morgan fingerprint density at radius 1 is 1.13 bits per heavy atom. The molecular weight excluding hydrogens is 202 g/mol. The van der Waals surface area contributed by atoms with Crippen LogP contribution in [0.2, 0.25) is 0 Å². The van der Waals surface area contributed by atoms with Crippen LogP contribution in [0.15, 0.2) is 0 Å². The van der Waals surface area contributed by atoms with Gasteiger partial charge in [0.15, 0.2) is 0 Å². The number of amides is 1. The van der Waals surface area contributed by atoms with Gasteiger partial charge in [-0.3, -0.25) is 14.4 Å². The lowest BCUT2D eigenvalue weighted by molar-refractivity contribution is -0.151. The average Bonchev–Trinajstić information content (AvgIpc) is 2.13. The number of rotatable bonds is 6. The van der Waals surface area contributed by atoms with E-state index in [-0.39, 0.29) is 6.42 Å². The fourth-order valence-corrected chi connectivity index (χ4v) is 1.48. The summed E-state index contributed by atoms with van der Waals surface area (Å²) in [6.07, 6.45) is -0.782. The van der Waals surface area contributed by atoms with Crippen LogP contribution in [0.1, 0.15) is 26.2 Å². The molecule has 0 radical (unpaired) electrons. The van der Waals surface area contributed by atoms with Crippen LogP contribution in [0.3, 0.4) is 0 Å². The van der Waals surface area contributed by atoms with E-state index in [2.05, 4.69) is 5.32 Å². The highest BCUT2D eigenvalue weighted by Gasteiger charge is 2.40. The van der Waals surface area contributed by atoms with Gasteiger partial charge in [0.05, 0.1) is 18.3 Å². The van der Waals surface area contributed by atoms with Gasteiger partial charge in [0.1, 0.15) is 0 Å². The number of hydrogen-bond acceptors (Lipinski definition) is 3. The fourth-order valence-electron chi connectivity index (χ4n) is 1.48. The minimum Gasteiger partial charge on any atom is -0.481 e. The van der Waals surface area contributed by atoms with Crippen LogP contribution in [0.25, 0.3) is 0 Å². The van der Waals surface area contributed by atoms with E-state index in [1.54, 1.807) is 6.92 Å². The van der Waals surface area contributed by atoms with Crippen LogP contribution in [0.5, 0.6) is 0 Å². The van der Waals surface area contributed by atoms with Gasteiger partial charge in [0.2, 0.25) is 5.91 Å². The van der Waals surface area contributed by atoms with Gasteiger partial charge in [-0.15, -0.1) is 0 Å². The number of hydrogen-bond donors (Lipinski definition) is 3. The van der Waals surface area contributed by atoms with Crippen LogP contribution in [0, 0.1) is 5.41 Å². The summed E-state index contributed by atoms with van der Waals surface area (Å²) in [6.45, 7) is 1.60. The van der Waals surface area contributed by atoms with Crippen molar-refractivity contribution in [3.05, 3.63) is 0 Å². The molecule has 0 heterocycles. The number of carbonyl (C=O) groups excluding carboxylic acids is 1. The Morgan fingerprint density at radius 3 is 1.73 bits per heavy atom. The summed E-state index contributed by atoms with van der Waals surface area (Å²) in [6, 6.07) is 0. The lowest BCUT2D eigenvalue weighted by Gasteiger charge is -2.27. The van der Waals surface area contributed by atoms with Gasteiger partial charge in [0, 0.05) is 7.05 Å². The molecule has 0 bridgehead atoms. The average molecular weight is 217 g/mol. The normalized spacial score (nSPS) is 10.8. The Kier molecular flexibility index (Phi) is 4.77. The summed E-state index contributed by atoms with van der Waals surface area (Å²) in [7, 11) is 1.36. The van der Waals surface area contributed by atoms with Gasteiger partial charge in [-0.2, -0.15) is 0 Å². The van der Waals surface area contributed by atoms with E-state index in [1.807, 2.05) is 0 Å². The second kappa shape index (κ2) is 5.33. The van der Waals surface area contributed by atoms with E-state index in [0.717, 1.165) is 0 Å². The Morgan fingerprint density at radius 2 is 1.53 bits per heavy atom. The zero-order valence-electron chi connectivity index (χ0n) is 8.74. The lowest BCUT2D eigenvalue weighted by atomic mass is 9.77. The van der Waals surface area contributed by atoms with Gasteiger partial charge in [-0.05, 0) is 6.42 Å². The fraction of sp³-hybridized carbons (Fsp3) is 0.667. The van der Waals surface area contributed by atoms with Gasteiger partial charge in [-0.1, -0.05) is 6.92 Å². The van der Waals surface area contributed by atoms with Gasteiger partial charge < -0.3 is 15.5 Å². The van der Waals surface area contributed by atoms with Crippen molar-refractivity contribution in [2.45, 2.75) is 26.2 Å². The molecular formula is C9H15NO5. The summed E-state index contributed by atoms with van der Waals surface area (Å²) >= 11 is 0. The smallest absolute Gasteiger partial charge is 0.304 e. The van der Waals surface area contributed by atoms with E-state index in [1.165, 1.54) is 7.05 Å². The molecule has 86 valence electrons. The number of aliphatic carboxylic acids is 2. The maximum atomic E-state index is 11.5. The molecule has 0 saturated heterocycles. The predicted octanol–water partition coefficient (Wildman–Crippen LogP) is 0.0782. The molecule has 0 aliphatic rings. The zero-order chi connectivity index (χ0) is 12.1. The number of carboxylic acids is 2. The third-order valence-corrected chi connectivity index (χ3v) is 2.36. The van der Waals surface area contributed by atoms with Gasteiger partial charge >= 0.3 is 11.9 Å². The highest BCUT2D eigenvalue weighted by atomic mass is 16.4. The topological polar surface area (TPSA) is 104 Å². The number of carbonyl (C=O) groups is 3. The first kappa shape index (κ1) is 13.4. The standard InChI is InChI=1S/C9H15NO5/c1-3-9(4-6(11)12,5-7(13)14)8(15)10-2/h3-5H2,1-2H3,(H,10,15)(H,11,12)(H,13,14). The molecule has 0 aromatic heterocycles. The second-order valence-electron chi connectivity index (χ2n) is 3.35. The second-order valence-corrected chi connectivity index (χ2v) is 3.35. The first-order valence-corrected chi connectivity index (χ1v) is 4.53. The van der Waals surface area contributed by atoms with Crippen LogP contribution in [-0.4, -0.2) is 35.1 Å². The van der Waals surface area contributed by atoms with Crippen molar-refractivity contribution in [2.75, 3.05) is 7.05 Å². The van der Waals surface area contributed by atoms with E-state index >= 15 is 0 Å². The molecule has 3 N–H and O–H groups in total. The van der Waals surface area contributed by atoms with Gasteiger partial charge in [-0.25, -0.2) is 0 Å². The van der Waals surface area contributed by atoms with Crippen LogP contribution in [-0.2, 0) is 14.4 Å². The largest absolute Gasteiger partial charge is 0.481 e. The van der Waals surface area contributed by atoms with Gasteiger partial charge in [0.25, 0.3) is 0 Å².